The lowest BCUT2D eigenvalue weighted by Gasteiger charge is -2.41. The fourth-order valence-corrected chi connectivity index (χ4v) is 5.01. The number of likely N-dealkylation sites (tertiary alicyclic amines) is 1. The Kier molecular flexibility index (Phi) is 8.18. The first kappa shape index (κ1) is 23.5. The van der Waals surface area contributed by atoms with Crippen LogP contribution in [0, 0.1) is 11.8 Å². The zero-order valence-electron chi connectivity index (χ0n) is 18.4. The molecule has 0 bridgehead atoms. The van der Waals surface area contributed by atoms with Gasteiger partial charge in [-0.2, -0.15) is 4.33 Å². The Bertz CT molecular complexity index is 712. The molecule has 2 fully saturated rings. The fourth-order valence-electron chi connectivity index (χ4n) is 4.33. The molecule has 2 aliphatic rings. The Morgan fingerprint density at radius 1 is 1.07 bits per heavy atom. The SMILES string of the molecule is COOSc1ccc(N2CCC(C3CCN(C(=O)OC(C)(C)C)CC3)CC2)cc1Cl. The van der Waals surface area contributed by atoms with Crippen LogP contribution in [0.5, 0.6) is 0 Å². The second-order valence-electron chi connectivity index (χ2n) is 9.06. The third-order valence-corrected chi connectivity index (χ3v) is 7.03. The van der Waals surface area contributed by atoms with Crippen molar-refractivity contribution >= 4 is 35.4 Å². The first-order valence-corrected chi connectivity index (χ1v) is 11.8. The maximum atomic E-state index is 12.3. The van der Waals surface area contributed by atoms with E-state index in [-0.39, 0.29) is 6.09 Å². The van der Waals surface area contributed by atoms with Crippen LogP contribution in [0.4, 0.5) is 10.5 Å². The van der Waals surface area contributed by atoms with Crippen molar-refractivity contribution in [3.63, 3.8) is 0 Å². The van der Waals surface area contributed by atoms with E-state index in [0.717, 1.165) is 67.6 Å². The maximum absolute atomic E-state index is 12.3. The molecule has 0 N–H and O–H groups in total. The quantitative estimate of drug-likeness (QED) is 0.317. The molecule has 30 heavy (non-hydrogen) atoms. The minimum absolute atomic E-state index is 0.176. The van der Waals surface area contributed by atoms with Crippen molar-refractivity contribution in [1.82, 2.24) is 4.90 Å². The summed E-state index contributed by atoms with van der Waals surface area (Å²) in [7, 11) is 1.47. The minimum atomic E-state index is -0.433. The Balaban J connectivity index is 1.46. The van der Waals surface area contributed by atoms with Gasteiger partial charge in [-0.05, 0) is 76.5 Å². The van der Waals surface area contributed by atoms with Gasteiger partial charge in [0.2, 0.25) is 0 Å². The van der Waals surface area contributed by atoms with Crippen molar-refractivity contribution in [2.45, 2.75) is 57.0 Å². The molecule has 2 saturated heterocycles. The second-order valence-corrected chi connectivity index (χ2v) is 10.2. The summed E-state index contributed by atoms with van der Waals surface area (Å²) in [5, 5.41) is 0.672. The number of hydrogen-bond donors (Lipinski definition) is 0. The van der Waals surface area contributed by atoms with Crippen LogP contribution in [0.2, 0.25) is 5.02 Å². The van der Waals surface area contributed by atoms with Crippen LogP contribution in [0.3, 0.4) is 0 Å². The van der Waals surface area contributed by atoms with Crippen LogP contribution in [-0.2, 0) is 14.0 Å². The number of benzene rings is 1. The number of ether oxygens (including phenoxy) is 1. The summed E-state index contributed by atoms with van der Waals surface area (Å²) in [5.74, 6) is 1.42. The van der Waals surface area contributed by atoms with Crippen molar-refractivity contribution in [2.24, 2.45) is 11.8 Å². The summed E-state index contributed by atoms with van der Waals surface area (Å²) in [5.41, 5.74) is 0.720. The highest BCUT2D eigenvalue weighted by Crippen LogP contribution is 2.36. The van der Waals surface area contributed by atoms with Gasteiger partial charge in [-0.15, -0.1) is 0 Å². The van der Waals surface area contributed by atoms with E-state index in [1.54, 1.807) is 0 Å². The zero-order valence-corrected chi connectivity index (χ0v) is 19.9. The molecule has 0 spiro atoms. The lowest BCUT2D eigenvalue weighted by molar-refractivity contribution is -0.160. The highest BCUT2D eigenvalue weighted by molar-refractivity contribution is 7.94. The molecule has 8 heteroatoms. The number of carbonyl (C=O) groups excluding carboxylic acids is 1. The molecule has 0 atom stereocenters. The van der Waals surface area contributed by atoms with Crippen molar-refractivity contribution < 1.29 is 18.8 Å². The molecule has 1 aromatic carbocycles. The maximum Gasteiger partial charge on any atom is 0.410 e. The van der Waals surface area contributed by atoms with Gasteiger partial charge in [0.1, 0.15) is 5.60 Å². The van der Waals surface area contributed by atoms with E-state index in [2.05, 4.69) is 15.9 Å². The molecule has 1 amide bonds. The third kappa shape index (κ3) is 6.42. The summed E-state index contributed by atoms with van der Waals surface area (Å²) in [6.45, 7) is 9.42. The van der Waals surface area contributed by atoms with Gasteiger partial charge in [0.25, 0.3) is 0 Å². The minimum Gasteiger partial charge on any atom is -0.444 e. The molecule has 3 rings (SSSR count). The van der Waals surface area contributed by atoms with Crippen LogP contribution in [-0.4, -0.2) is 49.9 Å². The Labute approximate surface area is 189 Å². The molecular formula is C22H33ClN2O4S. The predicted octanol–water partition coefficient (Wildman–Crippen LogP) is 5.79. The number of nitrogens with zero attached hydrogens (tertiary/aromatic N) is 2. The van der Waals surface area contributed by atoms with Crippen LogP contribution >= 0.6 is 23.6 Å². The van der Waals surface area contributed by atoms with Gasteiger partial charge < -0.3 is 14.5 Å². The standard InChI is InChI=1S/C22H33ClN2O4S/c1-22(2,3)28-21(26)25-13-9-17(10-14-25)16-7-11-24(12-8-16)18-5-6-20(19(23)15-18)30-29-27-4/h5-6,15-17H,7-14H2,1-4H3. The molecule has 0 unspecified atom stereocenters. The number of halogens is 1. The lowest BCUT2D eigenvalue weighted by atomic mass is 9.79. The number of carbonyl (C=O) groups is 1. The summed E-state index contributed by atoms with van der Waals surface area (Å²) in [4.78, 5) is 22.0. The van der Waals surface area contributed by atoms with Crippen LogP contribution < -0.4 is 4.90 Å². The van der Waals surface area contributed by atoms with Crippen molar-refractivity contribution in [2.75, 3.05) is 38.2 Å². The lowest BCUT2D eigenvalue weighted by Crippen LogP contribution is -2.44. The van der Waals surface area contributed by atoms with Crippen molar-refractivity contribution in [3.8, 4) is 0 Å². The number of piperidine rings is 2. The summed E-state index contributed by atoms with van der Waals surface area (Å²) < 4.78 is 10.4. The number of amides is 1. The smallest absolute Gasteiger partial charge is 0.410 e. The fraction of sp³-hybridized carbons (Fsp3) is 0.682. The van der Waals surface area contributed by atoms with E-state index < -0.39 is 5.60 Å². The summed E-state index contributed by atoms with van der Waals surface area (Å²) >= 11 is 7.51. The van der Waals surface area contributed by atoms with E-state index in [4.69, 9.17) is 20.7 Å². The van der Waals surface area contributed by atoms with Crippen molar-refractivity contribution in [1.29, 1.82) is 0 Å². The third-order valence-electron chi connectivity index (χ3n) is 5.87. The average molecular weight is 457 g/mol. The molecule has 1 aromatic rings. The van der Waals surface area contributed by atoms with Gasteiger partial charge in [0.15, 0.2) is 0 Å². The Morgan fingerprint density at radius 2 is 1.67 bits per heavy atom. The monoisotopic (exact) mass is 456 g/mol. The topological polar surface area (TPSA) is 51.2 Å². The summed E-state index contributed by atoms with van der Waals surface area (Å²) in [6.07, 6.45) is 4.32. The molecule has 168 valence electrons. The molecule has 2 heterocycles. The first-order valence-electron chi connectivity index (χ1n) is 10.7. The number of rotatable bonds is 5. The van der Waals surface area contributed by atoms with E-state index >= 15 is 0 Å². The average Bonchev–Trinajstić information content (AvgIpc) is 2.72. The zero-order chi connectivity index (χ0) is 21.7. The van der Waals surface area contributed by atoms with E-state index in [1.807, 2.05) is 37.8 Å². The largest absolute Gasteiger partial charge is 0.444 e. The molecule has 0 radical (unpaired) electrons. The molecular weight excluding hydrogens is 424 g/mol. The van der Waals surface area contributed by atoms with E-state index in [9.17, 15) is 4.79 Å². The van der Waals surface area contributed by atoms with Crippen molar-refractivity contribution in [3.05, 3.63) is 23.2 Å². The van der Waals surface area contributed by atoms with Gasteiger partial charge in [-0.25, -0.2) is 9.68 Å². The van der Waals surface area contributed by atoms with Gasteiger partial charge in [-0.1, -0.05) is 11.6 Å². The van der Waals surface area contributed by atoms with Crippen LogP contribution in [0.25, 0.3) is 0 Å². The normalized spacial score (nSPS) is 19.2. The van der Waals surface area contributed by atoms with E-state index in [1.165, 1.54) is 20.0 Å². The molecule has 0 saturated carbocycles. The highest BCUT2D eigenvalue weighted by atomic mass is 35.5. The molecule has 6 nitrogen and oxygen atoms in total. The van der Waals surface area contributed by atoms with Crippen LogP contribution in [0.1, 0.15) is 46.5 Å². The van der Waals surface area contributed by atoms with Gasteiger partial charge >= 0.3 is 6.09 Å². The number of anilines is 1. The molecule has 0 aliphatic carbocycles. The van der Waals surface area contributed by atoms with Gasteiger partial charge in [0.05, 0.1) is 29.1 Å². The Hall–Kier alpha value is -1.15. The summed E-state index contributed by atoms with van der Waals surface area (Å²) in [6, 6.07) is 6.06. The predicted molar refractivity (Wildman–Crippen MR) is 121 cm³/mol. The van der Waals surface area contributed by atoms with Gasteiger partial charge in [-0.3, -0.25) is 0 Å². The van der Waals surface area contributed by atoms with Crippen LogP contribution in [0.15, 0.2) is 23.1 Å². The first-order chi connectivity index (χ1) is 14.3. The Morgan fingerprint density at radius 3 is 2.20 bits per heavy atom. The van der Waals surface area contributed by atoms with E-state index in [0.29, 0.717) is 10.9 Å². The highest BCUT2D eigenvalue weighted by Gasteiger charge is 2.32. The second kappa shape index (κ2) is 10.4. The molecule has 2 aliphatic heterocycles. The number of hydrogen-bond acceptors (Lipinski definition) is 6. The molecule has 0 aromatic heterocycles. The van der Waals surface area contributed by atoms with Gasteiger partial charge in [0, 0.05) is 31.9 Å².